The van der Waals surface area contributed by atoms with E-state index in [2.05, 4.69) is 12.2 Å². The summed E-state index contributed by atoms with van der Waals surface area (Å²) in [5.41, 5.74) is -0.967. The predicted molar refractivity (Wildman–Crippen MR) is 58.6 cm³/mol. The minimum atomic E-state index is -0.379. The second-order valence-corrected chi connectivity index (χ2v) is 6.56. The number of hydrogen-bond acceptors (Lipinski definition) is 2. The van der Waals surface area contributed by atoms with E-state index in [1.54, 1.807) is 0 Å². The Morgan fingerprint density at radius 3 is 2.50 bits per heavy atom. The van der Waals surface area contributed by atoms with E-state index in [-0.39, 0.29) is 22.2 Å². The first-order valence-corrected chi connectivity index (χ1v) is 6.23. The van der Waals surface area contributed by atoms with Gasteiger partial charge in [-0.3, -0.25) is 9.59 Å². The van der Waals surface area contributed by atoms with E-state index < -0.39 is 0 Å². The van der Waals surface area contributed by atoms with Crippen LogP contribution in [0.3, 0.4) is 0 Å². The Kier molecular flexibility index (Phi) is 1.19. The number of rotatable bonds is 0. The van der Waals surface area contributed by atoms with Gasteiger partial charge in [0, 0.05) is 22.2 Å². The Bertz CT molecular complexity index is 477. The number of Topliss-reactive ketones (excluding diaryl/α,β-unsaturated/α-hetero) is 2. The number of carbonyl (C=O) groups excluding carboxylic acids is 2. The van der Waals surface area contributed by atoms with Crippen molar-refractivity contribution in [3.63, 3.8) is 0 Å². The van der Waals surface area contributed by atoms with Gasteiger partial charge in [0.05, 0.1) is 0 Å². The summed E-state index contributed by atoms with van der Waals surface area (Å²) in [6.07, 6.45) is 6.75. The van der Waals surface area contributed by atoms with Crippen LogP contribution in [0.1, 0.15) is 33.1 Å². The summed E-state index contributed by atoms with van der Waals surface area (Å²) in [6, 6.07) is 0. The Balaban J connectivity index is 1.99. The molecule has 4 bridgehead atoms. The molecule has 16 heavy (non-hydrogen) atoms. The van der Waals surface area contributed by atoms with Crippen LogP contribution in [0.5, 0.6) is 0 Å². The summed E-state index contributed by atoms with van der Waals surface area (Å²) in [6.45, 7) is 4.06. The highest BCUT2D eigenvalue weighted by Crippen LogP contribution is 2.81. The number of ketones is 2. The fourth-order valence-electron chi connectivity index (χ4n) is 5.04. The molecule has 0 radical (unpaired) electrons. The molecule has 0 aromatic carbocycles. The largest absolute Gasteiger partial charge is 0.299 e. The maximum absolute atomic E-state index is 12.7. The Hall–Kier alpha value is -0.920. The number of hydrogen-bond donors (Lipinski definition) is 0. The van der Waals surface area contributed by atoms with E-state index in [1.807, 2.05) is 13.8 Å². The van der Waals surface area contributed by atoms with Gasteiger partial charge >= 0.3 is 0 Å². The van der Waals surface area contributed by atoms with Crippen molar-refractivity contribution in [2.24, 2.45) is 28.1 Å². The lowest BCUT2D eigenvalue weighted by Crippen LogP contribution is -2.58. The van der Waals surface area contributed by atoms with Gasteiger partial charge in [-0.25, -0.2) is 0 Å². The first-order valence-electron chi connectivity index (χ1n) is 6.23. The summed E-state index contributed by atoms with van der Waals surface area (Å²) in [5, 5.41) is 0. The van der Waals surface area contributed by atoms with Crippen LogP contribution >= 0.6 is 0 Å². The molecule has 5 rings (SSSR count). The summed E-state index contributed by atoms with van der Waals surface area (Å²) >= 11 is 0. The van der Waals surface area contributed by atoms with E-state index in [1.165, 1.54) is 0 Å². The molecule has 1 spiro atoms. The molecule has 0 aliphatic heterocycles. The molecule has 5 atom stereocenters. The van der Waals surface area contributed by atoms with Gasteiger partial charge < -0.3 is 0 Å². The van der Waals surface area contributed by atoms with Gasteiger partial charge in [-0.05, 0) is 25.2 Å². The van der Waals surface area contributed by atoms with Crippen LogP contribution in [-0.4, -0.2) is 11.6 Å². The standard InChI is InChI=1S/C14H16O2/c1-12-5-3-4-6-14(12)7-8-9(10(12)15)13(8,2)11(14)16/h3-4,8-9H,5-7H2,1-2H3/t8?,9-,12+,13-,14-/m1/s1. The molecule has 84 valence electrons. The maximum Gasteiger partial charge on any atom is 0.147 e. The van der Waals surface area contributed by atoms with Crippen molar-refractivity contribution < 1.29 is 9.59 Å². The van der Waals surface area contributed by atoms with Crippen molar-refractivity contribution in [3.05, 3.63) is 12.2 Å². The number of carbonyl (C=O) groups is 2. The van der Waals surface area contributed by atoms with Crippen molar-refractivity contribution in [1.82, 2.24) is 0 Å². The molecule has 5 aliphatic rings. The lowest BCUT2D eigenvalue weighted by Gasteiger charge is -2.51. The second kappa shape index (κ2) is 2.07. The van der Waals surface area contributed by atoms with Crippen molar-refractivity contribution in [1.29, 1.82) is 0 Å². The van der Waals surface area contributed by atoms with Crippen LogP contribution in [0.15, 0.2) is 12.2 Å². The molecule has 1 unspecified atom stereocenters. The van der Waals surface area contributed by atoms with Gasteiger partial charge in [0.25, 0.3) is 0 Å². The molecule has 0 aromatic rings. The van der Waals surface area contributed by atoms with E-state index in [9.17, 15) is 9.59 Å². The molecule has 0 heterocycles. The van der Waals surface area contributed by atoms with Crippen molar-refractivity contribution in [3.8, 4) is 0 Å². The third-order valence-electron chi connectivity index (χ3n) is 6.24. The summed E-state index contributed by atoms with van der Waals surface area (Å²) in [5.74, 6) is 1.24. The monoisotopic (exact) mass is 216 g/mol. The SMILES string of the molecule is C[C@@]12CC=CC[C@]13CC1[C@H](C2=O)[C@]1(C)C3=O. The third-order valence-corrected chi connectivity index (χ3v) is 6.24. The molecule has 4 fully saturated rings. The predicted octanol–water partition coefficient (Wildman–Crippen LogP) is 2.14. The average Bonchev–Trinajstić information content (AvgIpc) is 2.79. The van der Waals surface area contributed by atoms with Crippen LogP contribution in [0.25, 0.3) is 0 Å². The molecule has 0 saturated heterocycles. The zero-order valence-corrected chi connectivity index (χ0v) is 9.75. The molecule has 5 aliphatic carbocycles. The first kappa shape index (κ1) is 9.15. The third kappa shape index (κ3) is 0.566. The Morgan fingerprint density at radius 1 is 1.19 bits per heavy atom. The average molecular weight is 216 g/mol. The van der Waals surface area contributed by atoms with Crippen molar-refractivity contribution in [2.45, 2.75) is 33.1 Å². The zero-order chi connectivity index (χ0) is 11.3. The second-order valence-electron chi connectivity index (χ2n) is 6.56. The van der Waals surface area contributed by atoms with Crippen molar-refractivity contribution >= 4 is 11.6 Å². The summed E-state index contributed by atoms with van der Waals surface area (Å²) in [7, 11) is 0. The van der Waals surface area contributed by atoms with Crippen molar-refractivity contribution in [2.75, 3.05) is 0 Å². The highest BCUT2D eigenvalue weighted by Gasteiger charge is 2.86. The first-order chi connectivity index (χ1) is 7.48. The van der Waals surface area contributed by atoms with E-state index in [0.717, 1.165) is 19.3 Å². The van der Waals surface area contributed by atoms with Crippen LogP contribution in [-0.2, 0) is 9.59 Å². The minimum absolute atomic E-state index is 0.0679. The zero-order valence-electron chi connectivity index (χ0n) is 9.75. The lowest BCUT2D eigenvalue weighted by atomic mass is 9.48. The van der Waals surface area contributed by atoms with Gasteiger partial charge in [-0.1, -0.05) is 26.0 Å². The quantitative estimate of drug-likeness (QED) is 0.581. The Labute approximate surface area is 95.1 Å². The fraction of sp³-hybridized carbons (Fsp3) is 0.714. The summed E-state index contributed by atoms with van der Waals surface area (Å²) < 4.78 is 0. The van der Waals surface area contributed by atoms with Crippen LogP contribution in [0.2, 0.25) is 0 Å². The van der Waals surface area contributed by atoms with Crippen LogP contribution in [0, 0.1) is 28.1 Å². The molecule has 4 saturated carbocycles. The fourth-order valence-corrected chi connectivity index (χ4v) is 5.04. The molecule has 2 nitrogen and oxygen atoms in total. The van der Waals surface area contributed by atoms with E-state index in [4.69, 9.17) is 0 Å². The van der Waals surface area contributed by atoms with E-state index >= 15 is 0 Å². The smallest absolute Gasteiger partial charge is 0.147 e. The molecular weight excluding hydrogens is 200 g/mol. The summed E-state index contributed by atoms with van der Waals surface area (Å²) in [4.78, 5) is 25.2. The molecule has 0 N–H and O–H groups in total. The van der Waals surface area contributed by atoms with Gasteiger partial charge in [-0.15, -0.1) is 0 Å². The van der Waals surface area contributed by atoms with Crippen LogP contribution in [0.4, 0.5) is 0 Å². The number of allylic oxidation sites excluding steroid dienone is 2. The Morgan fingerprint density at radius 2 is 1.88 bits per heavy atom. The highest BCUT2D eigenvalue weighted by atomic mass is 16.2. The minimum Gasteiger partial charge on any atom is -0.299 e. The molecule has 0 amide bonds. The normalized spacial score (nSPS) is 61.1. The maximum atomic E-state index is 12.7. The van der Waals surface area contributed by atoms with E-state index in [0.29, 0.717) is 17.5 Å². The lowest BCUT2D eigenvalue weighted by molar-refractivity contribution is -0.160. The molecular formula is C14H16O2. The van der Waals surface area contributed by atoms with Gasteiger partial charge in [-0.2, -0.15) is 0 Å². The topological polar surface area (TPSA) is 34.1 Å². The van der Waals surface area contributed by atoms with Gasteiger partial charge in [0.1, 0.15) is 11.6 Å². The highest BCUT2D eigenvalue weighted by molar-refractivity contribution is 6.13. The molecule has 2 heteroatoms. The van der Waals surface area contributed by atoms with Gasteiger partial charge in [0.2, 0.25) is 0 Å². The van der Waals surface area contributed by atoms with Crippen LogP contribution < -0.4 is 0 Å². The molecule has 0 aromatic heterocycles. The van der Waals surface area contributed by atoms with Gasteiger partial charge in [0.15, 0.2) is 0 Å².